The van der Waals surface area contributed by atoms with E-state index in [0.29, 0.717) is 24.8 Å². The van der Waals surface area contributed by atoms with E-state index in [0.717, 1.165) is 44.0 Å². The van der Waals surface area contributed by atoms with Gasteiger partial charge in [-0.3, -0.25) is 4.79 Å². The van der Waals surface area contributed by atoms with Crippen molar-refractivity contribution in [3.8, 4) is 0 Å². The van der Waals surface area contributed by atoms with Crippen molar-refractivity contribution < 1.29 is 14.3 Å². The number of piperidine rings is 1. The van der Waals surface area contributed by atoms with Gasteiger partial charge in [-0.05, 0) is 25.0 Å². The molecule has 0 spiro atoms. The monoisotopic (exact) mass is 358 g/mol. The maximum absolute atomic E-state index is 12.7. The molecule has 7 nitrogen and oxygen atoms in total. The molecule has 1 saturated heterocycles. The van der Waals surface area contributed by atoms with E-state index in [1.807, 2.05) is 29.4 Å². The maximum Gasteiger partial charge on any atom is 0.272 e. The zero-order chi connectivity index (χ0) is 18.4. The largest absolute Gasteiger partial charge is 0.383 e. The van der Waals surface area contributed by atoms with Gasteiger partial charge in [0.1, 0.15) is 11.5 Å². The molecule has 0 aromatic carbocycles. The summed E-state index contributed by atoms with van der Waals surface area (Å²) in [5, 5.41) is 0. The highest BCUT2D eigenvalue weighted by atomic mass is 16.5. The Labute approximate surface area is 154 Å². The SMILES string of the molecule is COCCn1ccnc1C1CCN(C(=O)c2cccc(COC)n2)CC1. The molecule has 3 heterocycles. The lowest BCUT2D eigenvalue weighted by atomic mass is 9.95. The summed E-state index contributed by atoms with van der Waals surface area (Å²) in [5.41, 5.74) is 1.26. The lowest BCUT2D eigenvalue weighted by Gasteiger charge is -2.31. The van der Waals surface area contributed by atoms with E-state index in [1.54, 1.807) is 20.3 Å². The van der Waals surface area contributed by atoms with Gasteiger partial charge in [0.15, 0.2) is 0 Å². The van der Waals surface area contributed by atoms with Gasteiger partial charge in [-0.1, -0.05) is 6.07 Å². The van der Waals surface area contributed by atoms with Gasteiger partial charge in [-0.15, -0.1) is 0 Å². The highest BCUT2D eigenvalue weighted by molar-refractivity contribution is 5.92. The fourth-order valence-electron chi connectivity index (χ4n) is 3.39. The number of amides is 1. The van der Waals surface area contributed by atoms with Crippen molar-refractivity contribution in [3.63, 3.8) is 0 Å². The van der Waals surface area contributed by atoms with Crippen LogP contribution in [0.1, 0.15) is 40.8 Å². The van der Waals surface area contributed by atoms with Crippen molar-refractivity contribution in [2.24, 2.45) is 0 Å². The van der Waals surface area contributed by atoms with Crippen molar-refractivity contribution in [3.05, 3.63) is 47.8 Å². The highest BCUT2D eigenvalue weighted by Crippen LogP contribution is 2.27. The molecule has 1 fully saturated rings. The summed E-state index contributed by atoms with van der Waals surface area (Å²) in [7, 11) is 3.33. The lowest BCUT2D eigenvalue weighted by molar-refractivity contribution is 0.0703. The van der Waals surface area contributed by atoms with E-state index >= 15 is 0 Å². The summed E-state index contributed by atoms with van der Waals surface area (Å²) in [4.78, 5) is 23.6. The van der Waals surface area contributed by atoms with E-state index in [2.05, 4.69) is 14.5 Å². The molecule has 0 unspecified atom stereocenters. The second kappa shape index (κ2) is 8.91. The second-order valence-electron chi connectivity index (χ2n) is 6.49. The van der Waals surface area contributed by atoms with Gasteiger partial charge in [-0.25, -0.2) is 9.97 Å². The predicted octanol–water partition coefficient (Wildman–Crippen LogP) is 2.09. The van der Waals surface area contributed by atoms with Crippen LogP contribution in [0.15, 0.2) is 30.6 Å². The van der Waals surface area contributed by atoms with Gasteiger partial charge in [0, 0.05) is 52.2 Å². The first kappa shape index (κ1) is 18.5. The van der Waals surface area contributed by atoms with Crippen LogP contribution in [0.3, 0.4) is 0 Å². The van der Waals surface area contributed by atoms with Gasteiger partial charge < -0.3 is 18.9 Å². The van der Waals surface area contributed by atoms with E-state index in [1.165, 1.54) is 0 Å². The topological polar surface area (TPSA) is 69.5 Å². The minimum atomic E-state index is -0.0101. The van der Waals surface area contributed by atoms with Crippen molar-refractivity contribution in [1.29, 1.82) is 0 Å². The van der Waals surface area contributed by atoms with Crippen LogP contribution < -0.4 is 0 Å². The average molecular weight is 358 g/mol. The van der Waals surface area contributed by atoms with E-state index in [4.69, 9.17) is 9.47 Å². The molecule has 1 aliphatic heterocycles. The molecule has 3 rings (SSSR count). The molecule has 0 aliphatic carbocycles. The third-order valence-electron chi connectivity index (χ3n) is 4.75. The van der Waals surface area contributed by atoms with Crippen LogP contribution in [0, 0.1) is 0 Å². The Morgan fingerprint density at radius 1 is 1.23 bits per heavy atom. The van der Waals surface area contributed by atoms with Crippen LogP contribution in [0.5, 0.6) is 0 Å². The molecular weight excluding hydrogens is 332 g/mol. The van der Waals surface area contributed by atoms with Crippen molar-refractivity contribution >= 4 is 5.91 Å². The van der Waals surface area contributed by atoms with Crippen molar-refractivity contribution in [1.82, 2.24) is 19.4 Å². The van der Waals surface area contributed by atoms with Crippen LogP contribution in [0.4, 0.5) is 0 Å². The van der Waals surface area contributed by atoms with Crippen LogP contribution >= 0.6 is 0 Å². The number of carbonyl (C=O) groups is 1. The normalized spacial score (nSPS) is 15.4. The summed E-state index contributed by atoms with van der Waals surface area (Å²) >= 11 is 0. The standard InChI is InChI=1S/C19H26N4O3/c1-25-13-12-22-11-8-20-18(22)15-6-9-23(10-7-15)19(24)17-5-3-4-16(21-17)14-26-2/h3-5,8,11,15H,6-7,9-10,12-14H2,1-2H3. The van der Waals surface area contributed by atoms with Crippen molar-refractivity contribution in [2.45, 2.75) is 31.9 Å². The molecule has 0 saturated carbocycles. The van der Waals surface area contributed by atoms with Crippen LogP contribution in [-0.4, -0.2) is 59.3 Å². The highest BCUT2D eigenvalue weighted by Gasteiger charge is 2.27. The molecule has 7 heteroatoms. The van der Waals surface area contributed by atoms with E-state index < -0.39 is 0 Å². The third-order valence-corrected chi connectivity index (χ3v) is 4.75. The number of methoxy groups -OCH3 is 2. The second-order valence-corrected chi connectivity index (χ2v) is 6.49. The Hall–Kier alpha value is -2.25. The number of hydrogen-bond acceptors (Lipinski definition) is 5. The first-order valence-electron chi connectivity index (χ1n) is 8.97. The quantitative estimate of drug-likeness (QED) is 0.758. The summed E-state index contributed by atoms with van der Waals surface area (Å²) in [6.45, 7) is 3.33. The zero-order valence-corrected chi connectivity index (χ0v) is 15.4. The number of imidazole rings is 1. The maximum atomic E-state index is 12.7. The Morgan fingerprint density at radius 3 is 2.77 bits per heavy atom. The molecule has 140 valence electrons. The number of hydrogen-bond donors (Lipinski definition) is 0. The van der Waals surface area contributed by atoms with E-state index in [-0.39, 0.29) is 5.91 Å². The molecule has 0 bridgehead atoms. The molecule has 0 N–H and O–H groups in total. The minimum absolute atomic E-state index is 0.0101. The minimum Gasteiger partial charge on any atom is -0.383 e. The first-order chi connectivity index (χ1) is 12.7. The fraction of sp³-hybridized carbons (Fsp3) is 0.526. The predicted molar refractivity (Wildman–Crippen MR) is 96.9 cm³/mol. The van der Waals surface area contributed by atoms with Gasteiger partial charge in [0.25, 0.3) is 5.91 Å². The number of rotatable bonds is 7. The number of carbonyl (C=O) groups excluding carboxylic acids is 1. The number of aromatic nitrogens is 3. The molecule has 1 aliphatic rings. The first-order valence-corrected chi connectivity index (χ1v) is 8.97. The molecule has 26 heavy (non-hydrogen) atoms. The van der Waals surface area contributed by atoms with Crippen LogP contribution in [0.25, 0.3) is 0 Å². The molecule has 2 aromatic heterocycles. The Kier molecular flexibility index (Phi) is 6.35. The molecule has 1 amide bonds. The van der Waals surface area contributed by atoms with Gasteiger partial charge in [-0.2, -0.15) is 0 Å². The molecule has 2 aromatic rings. The number of nitrogens with zero attached hydrogens (tertiary/aromatic N) is 4. The number of pyridine rings is 1. The Balaban J connectivity index is 1.61. The van der Waals surface area contributed by atoms with Crippen molar-refractivity contribution in [2.75, 3.05) is 33.9 Å². The Bertz CT molecular complexity index is 723. The summed E-state index contributed by atoms with van der Waals surface area (Å²) < 4.78 is 12.4. The molecule has 0 radical (unpaired) electrons. The zero-order valence-electron chi connectivity index (χ0n) is 15.4. The van der Waals surface area contributed by atoms with Gasteiger partial charge >= 0.3 is 0 Å². The van der Waals surface area contributed by atoms with Crippen LogP contribution in [-0.2, 0) is 22.6 Å². The molecule has 0 atom stereocenters. The summed E-state index contributed by atoms with van der Waals surface area (Å²) in [5.74, 6) is 1.46. The van der Waals surface area contributed by atoms with Gasteiger partial charge in [0.2, 0.25) is 0 Å². The number of ether oxygens (including phenoxy) is 2. The third kappa shape index (κ3) is 4.28. The summed E-state index contributed by atoms with van der Waals surface area (Å²) in [6, 6.07) is 5.49. The lowest BCUT2D eigenvalue weighted by Crippen LogP contribution is -2.38. The number of likely N-dealkylation sites (tertiary alicyclic amines) is 1. The van der Waals surface area contributed by atoms with Crippen LogP contribution in [0.2, 0.25) is 0 Å². The smallest absolute Gasteiger partial charge is 0.272 e. The van der Waals surface area contributed by atoms with Gasteiger partial charge in [0.05, 0.1) is 18.9 Å². The molecular formula is C19H26N4O3. The average Bonchev–Trinajstić information content (AvgIpc) is 3.15. The summed E-state index contributed by atoms with van der Waals surface area (Å²) in [6.07, 6.45) is 5.66. The Morgan fingerprint density at radius 2 is 2.04 bits per heavy atom. The van der Waals surface area contributed by atoms with E-state index in [9.17, 15) is 4.79 Å². The fourth-order valence-corrected chi connectivity index (χ4v) is 3.39.